The van der Waals surface area contributed by atoms with Crippen molar-refractivity contribution in [1.82, 2.24) is 20.3 Å². The molecule has 128 valence electrons. The first-order valence-electron chi connectivity index (χ1n) is 7.62. The highest BCUT2D eigenvalue weighted by atomic mass is 35.5. The molecule has 25 heavy (non-hydrogen) atoms. The summed E-state index contributed by atoms with van der Waals surface area (Å²) in [4.78, 5) is 12.4. The third kappa shape index (κ3) is 3.69. The van der Waals surface area contributed by atoms with Gasteiger partial charge >= 0.3 is 0 Å². The molecule has 0 atom stereocenters. The quantitative estimate of drug-likeness (QED) is 0.773. The van der Waals surface area contributed by atoms with E-state index in [4.69, 9.17) is 11.6 Å². The minimum absolute atomic E-state index is 0.0263. The Morgan fingerprint density at radius 2 is 1.92 bits per heavy atom. The Bertz CT molecular complexity index is 908. The maximum absolute atomic E-state index is 13.5. The summed E-state index contributed by atoms with van der Waals surface area (Å²) in [7, 11) is 0. The normalized spacial score (nSPS) is 11.4. The average molecular weight is 359 g/mol. The second-order valence-electron chi connectivity index (χ2n) is 6.09. The van der Waals surface area contributed by atoms with Crippen LogP contribution in [0.1, 0.15) is 29.9 Å². The molecule has 3 rings (SSSR count). The minimum Gasteiger partial charge on any atom is -0.341 e. The Kier molecular flexibility index (Phi) is 4.55. The summed E-state index contributed by atoms with van der Waals surface area (Å²) >= 11 is 5.65. The van der Waals surface area contributed by atoms with Crippen molar-refractivity contribution in [2.24, 2.45) is 0 Å². The lowest BCUT2D eigenvalue weighted by atomic mass is 10.0. The number of carbonyl (C=O) groups excluding carboxylic acids is 1. The van der Waals surface area contributed by atoms with Crippen LogP contribution in [0.2, 0.25) is 5.02 Å². The first-order chi connectivity index (χ1) is 11.9. The van der Waals surface area contributed by atoms with Crippen molar-refractivity contribution >= 4 is 17.5 Å². The predicted molar refractivity (Wildman–Crippen MR) is 93.3 cm³/mol. The van der Waals surface area contributed by atoms with Crippen LogP contribution in [0.3, 0.4) is 0 Å². The molecule has 1 N–H and O–H groups in total. The summed E-state index contributed by atoms with van der Waals surface area (Å²) in [5, 5.41) is 11.1. The number of benzene rings is 2. The second kappa shape index (κ2) is 6.64. The molecule has 3 aromatic rings. The third-order valence-corrected chi connectivity index (χ3v) is 4.07. The number of amides is 1. The molecule has 2 aromatic carbocycles. The van der Waals surface area contributed by atoms with E-state index < -0.39 is 17.3 Å². The maximum Gasteiger partial charge on any atom is 0.252 e. The van der Waals surface area contributed by atoms with E-state index >= 15 is 0 Å². The van der Waals surface area contributed by atoms with Crippen LogP contribution in [0.25, 0.3) is 5.69 Å². The fourth-order valence-corrected chi connectivity index (χ4v) is 2.43. The molecule has 0 bridgehead atoms. The van der Waals surface area contributed by atoms with Crippen LogP contribution in [-0.2, 0) is 5.54 Å². The molecule has 1 aromatic heterocycles. The van der Waals surface area contributed by atoms with Gasteiger partial charge in [0, 0.05) is 5.56 Å². The van der Waals surface area contributed by atoms with Crippen LogP contribution in [0.15, 0.2) is 54.7 Å². The van der Waals surface area contributed by atoms with Crippen LogP contribution in [-0.4, -0.2) is 20.9 Å². The highest BCUT2D eigenvalue weighted by Crippen LogP contribution is 2.21. The standard InChI is InChI=1S/C18H16ClFN4O/c1-18(2,21-17(25)12-8-9-14(19)15(20)10-12)16-11-24(23-22-16)13-6-4-3-5-7-13/h3-11H,1-2H3,(H,21,25). The van der Waals surface area contributed by atoms with Crippen molar-refractivity contribution in [1.29, 1.82) is 0 Å². The summed E-state index contributed by atoms with van der Waals surface area (Å²) in [6.45, 7) is 3.60. The van der Waals surface area contributed by atoms with Crippen molar-refractivity contribution < 1.29 is 9.18 Å². The molecule has 1 amide bonds. The Labute approximate surface area is 149 Å². The zero-order valence-corrected chi connectivity index (χ0v) is 14.5. The third-order valence-electron chi connectivity index (χ3n) is 3.76. The van der Waals surface area contributed by atoms with Gasteiger partial charge in [0.25, 0.3) is 5.91 Å². The monoisotopic (exact) mass is 358 g/mol. The number of para-hydroxylation sites is 1. The largest absolute Gasteiger partial charge is 0.341 e. The molecule has 0 spiro atoms. The average Bonchev–Trinajstić information content (AvgIpc) is 3.09. The molecule has 5 nitrogen and oxygen atoms in total. The van der Waals surface area contributed by atoms with Crippen molar-refractivity contribution in [3.05, 3.63) is 76.8 Å². The molecule has 1 heterocycles. The predicted octanol–water partition coefficient (Wildman–Crippen LogP) is 3.72. The van der Waals surface area contributed by atoms with E-state index in [0.29, 0.717) is 5.69 Å². The van der Waals surface area contributed by atoms with Crippen LogP contribution >= 0.6 is 11.6 Å². The fraction of sp³-hybridized carbons (Fsp3) is 0.167. The molecule has 0 aliphatic carbocycles. The van der Waals surface area contributed by atoms with Gasteiger partial charge in [-0.2, -0.15) is 0 Å². The lowest BCUT2D eigenvalue weighted by Gasteiger charge is -2.23. The molecular formula is C18H16ClFN4O. The topological polar surface area (TPSA) is 59.8 Å². The molecule has 0 aliphatic heterocycles. The van der Waals surface area contributed by atoms with Crippen molar-refractivity contribution in [2.45, 2.75) is 19.4 Å². The molecule has 0 fully saturated rings. The number of halogens is 2. The summed E-state index contributed by atoms with van der Waals surface area (Å²) in [5.41, 5.74) is 0.841. The number of aromatic nitrogens is 3. The van der Waals surface area contributed by atoms with Crippen molar-refractivity contribution in [3.8, 4) is 5.69 Å². The molecule has 0 saturated heterocycles. The van der Waals surface area contributed by atoms with Crippen molar-refractivity contribution in [3.63, 3.8) is 0 Å². The van der Waals surface area contributed by atoms with Gasteiger partial charge < -0.3 is 5.32 Å². The number of hydrogen-bond acceptors (Lipinski definition) is 3. The van der Waals surface area contributed by atoms with Gasteiger partial charge in [-0.05, 0) is 44.2 Å². The minimum atomic E-state index is -0.791. The van der Waals surface area contributed by atoms with E-state index in [1.807, 2.05) is 30.3 Å². The molecule has 0 radical (unpaired) electrons. The first-order valence-corrected chi connectivity index (χ1v) is 8.00. The van der Waals surface area contributed by atoms with E-state index in [9.17, 15) is 9.18 Å². The summed E-state index contributed by atoms with van der Waals surface area (Å²) in [5.74, 6) is -1.06. The number of rotatable bonds is 4. The Balaban J connectivity index is 1.80. The SMILES string of the molecule is CC(C)(NC(=O)c1ccc(Cl)c(F)c1)c1cn(-c2ccccc2)nn1. The molecule has 7 heteroatoms. The highest BCUT2D eigenvalue weighted by Gasteiger charge is 2.27. The zero-order valence-electron chi connectivity index (χ0n) is 13.7. The van der Waals surface area contributed by atoms with Gasteiger partial charge in [-0.3, -0.25) is 4.79 Å². The summed E-state index contributed by atoms with van der Waals surface area (Å²) in [6, 6.07) is 13.5. The Morgan fingerprint density at radius 1 is 1.20 bits per heavy atom. The number of hydrogen-bond donors (Lipinski definition) is 1. The second-order valence-corrected chi connectivity index (χ2v) is 6.50. The van der Waals surface area contributed by atoms with Gasteiger partial charge in [0.1, 0.15) is 11.5 Å². The van der Waals surface area contributed by atoms with Gasteiger partial charge in [0.2, 0.25) is 0 Å². The Morgan fingerprint density at radius 3 is 2.60 bits per heavy atom. The van der Waals surface area contributed by atoms with Crippen LogP contribution < -0.4 is 5.32 Å². The van der Waals surface area contributed by atoms with Crippen LogP contribution in [0.4, 0.5) is 4.39 Å². The molecule has 0 unspecified atom stereocenters. The molecular weight excluding hydrogens is 343 g/mol. The van der Waals surface area contributed by atoms with Gasteiger partial charge in [0.05, 0.1) is 22.4 Å². The number of carbonyl (C=O) groups is 1. The van der Waals surface area contributed by atoms with E-state index in [2.05, 4.69) is 15.6 Å². The van der Waals surface area contributed by atoms with Crippen LogP contribution in [0, 0.1) is 5.82 Å². The van der Waals surface area contributed by atoms with Gasteiger partial charge in [0.15, 0.2) is 0 Å². The molecule has 0 aliphatic rings. The zero-order chi connectivity index (χ0) is 18.0. The number of nitrogens with zero attached hydrogens (tertiary/aromatic N) is 3. The van der Waals surface area contributed by atoms with Gasteiger partial charge in [-0.25, -0.2) is 9.07 Å². The maximum atomic E-state index is 13.5. The summed E-state index contributed by atoms with van der Waals surface area (Å²) < 4.78 is 15.2. The first kappa shape index (κ1) is 17.1. The smallest absolute Gasteiger partial charge is 0.252 e. The van der Waals surface area contributed by atoms with E-state index in [1.54, 1.807) is 24.7 Å². The van der Waals surface area contributed by atoms with E-state index in [-0.39, 0.29) is 10.6 Å². The lowest BCUT2D eigenvalue weighted by molar-refractivity contribution is 0.0910. The number of nitrogens with one attached hydrogen (secondary N) is 1. The van der Waals surface area contributed by atoms with Crippen LogP contribution in [0.5, 0.6) is 0 Å². The van der Waals surface area contributed by atoms with Gasteiger partial charge in [-0.1, -0.05) is 35.0 Å². The Hall–Kier alpha value is -2.73. The fourth-order valence-electron chi connectivity index (χ4n) is 2.31. The van der Waals surface area contributed by atoms with Gasteiger partial charge in [-0.15, -0.1) is 5.10 Å². The van der Waals surface area contributed by atoms with E-state index in [1.165, 1.54) is 12.1 Å². The van der Waals surface area contributed by atoms with E-state index in [0.717, 1.165) is 11.8 Å². The summed E-state index contributed by atoms with van der Waals surface area (Å²) in [6.07, 6.45) is 1.75. The highest BCUT2D eigenvalue weighted by molar-refractivity contribution is 6.30. The van der Waals surface area contributed by atoms with Crippen molar-refractivity contribution in [2.75, 3.05) is 0 Å². The lowest BCUT2D eigenvalue weighted by Crippen LogP contribution is -2.41. The molecule has 0 saturated carbocycles.